The molecule has 0 N–H and O–H groups in total. The number of carbonyl (C=O) groups excluding carboxylic acids is 1. The molecule has 0 aliphatic heterocycles. The van der Waals surface area contributed by atoms with Crippen molar-refractivity contribution in [2.45, 2.75) is 6.92 Å². The molecule has 0 atom stereocenters. The molecule has 0 unspecified atom stereocenters. The highest BCUT2D eigenvalue weighted by molar-refractivity contribution is 5.90. The number of hydrogen-bond donors (Lipinski definition) is 0. The van der Waals surface area contributed by atoms with Crippen molar-refractivity contribution in [2.24, 2.45) is 0 Å². The molecule has 0 heterocycles. The van der Waals surface area contributed by atoms with E-state index in [1.54, 1.807) is 24.8 Å². The summed E-state index contributed by atoms with van der Waals surface area (Å²) < 4.78 is 6.43. The van der Waals surface area contributed by atoms with Crippen LogP contribution in [0.15, 0.2) is 66.7 Å². The molecule has 2 radical (unpaired) electrons. The summed E-state index contributed by atoms with van der Waals surface area (Å²) in [7, 11) is 1.75. The van der Waals surface area contributed by atoms with Gasteiger partial charge in [0.2, 0.25) is 0 Å². The van der Waals surface area contributed by atoms with Crippen molar-refractivity contribution in [3.63, 3.8) is 0 Å². The Balaban J connectivity index is 2.29. The lowest BCUT2D eigenvalue weighted by Gasteiger charge is -2.06. The van der Waals surface area contributed by atoms with Crippen LogP contribution in [0.1, 0.15) is 18.1 Å². The molecule has 0 fully saturated rings. The monoisotopic (exact) mass is 306 g/mol. The third kappa shape index (κ3) is 5.22. The molecule has 23 heavy (non-hydrogen) atoms. The molecule has 116 valence electrons. The summed E-state index contributed by atoms with van der Waals surface area (Å²) in [5.41, 5.74) is 3.29. The summed E-state index contributed by atoms with van der Waals surface area (Å²) in [6.07, 6.45) is 3.77. The van der Waals surface area contributed by atoms with Gasteiger partial charge < -0.3 is 4.74 Å². The van der Waals surface area contributed by atoms with E-state index in [0.717, 1.165) is 16.7 Å². The van der Waals surface area contributed by atoms with Gasteiger partial charge in [-0.25, -0.2) is 9.37 Å². The second-order valence-corrected chi connectivity index (χ2v) is 4.90. The van der Waals surface area contributed by atoms with Crippen LogP contribution in [0.4, 0.5) is 0 Å². The quantitative estimate of drug-likeness (QED) is 0.354. The molecule has 2 aromatic rings. The lowest BCUT2D eigenvalue weighted by Crippen LogP contribution is -2.14. The van der Waals surface area contributed by atoms with Gasteiger partial charge in [0, 0.05) is 6.08 Å². The maximum absolute atomic E-state index is 11.4. The highest BCUT2D eigenvalue weighted by Gasteiger charge is 2.13. The predicted octanol–water partition coefficient (Wildman–Crippen LogP) is 3.43. The minimum Gasteiger partial charge on any atom is -0.460 e. The number of carbonyl (C=O) groups is 1. The van der Waals surface area contributed by atoms with Crippen LogP contribution in [-0.4, -0.2) is 30.4 Å². The first-order chi connectivity index (χ1) is 11.2. The van der Waals surface area contributed by atoms with Crippen molar-refractivity contribution in [1.82, 2.24) is 0 Å². The van der Waals surface area contributed by atoms with Crippen LogP contribution in [-0.2, 0) is 9.53 Å². The average Bonchev–Trinajstić information content (AvgIpc) is 2.57. The van der Waals surface area contributed by atoms with Gasteiger partial charge in [0.1, 0.15) is 7.05 Å². The van der Waals surface area contributed by atoms with Gasteiger partial charge in [0.15, 0.2) is 6.21 Å². The fourth-order valence-corrected chi connectivity index (χ4v) is 2.13. The number of likely N-dealkylation sites (N-methyl/N-ethyl adjacent to an activating group) is 1. The third-order valence-corrected chi connectivity index (χ3v) is 3.18. The molecule has 0 aromatic heterocycles. The molecule has 0 aliphatic rings. The Morgan fingerprint density at radius 3 is 2.04 bits per heavy atom. The minimum atomic E-state index is -0.472. The van der Waals surface area contributed by atoms with Gasteiger partial charge in [0.05, 0.1) is 6.61 Å². The number of ether oxygens (including phenoxy) is 1. The summed E-state index contributed by atoms with van der Waals surface area (Å²) in [5, 5.41) is 0. The van der Waals surface area contributed by atoms with Gasteiger partial charge in [-0.15, -0.1) is 0 Å². The van der Waals surface area contributed by atoms with Crippen molar-refractivity contribution < 1.29 is 14.1 Å². The summed E-state index contributed by atoms with van der Waals surface area (Å²) in [5.74, 6) is -0.472. The largest absolute Gasteiger partial charge is 0.460 e. The van der Waals surface area contributed by atoms with Crippen molar-refractivity contribution in [3.05, 3.63) is 84.4 Å². The summed E-state index contributed by atoms with van der Waals surface area (Å²) in [6.45, 7) is 4.72. The number of nitrogens with zero attached hydrogens (tertiary/aromatic N) is 1. The van der Waals surface area contributed by atoms with Gasteiger partial charge >= 0.3 is 12.5 Å². The maximum Gasteiger partial charge on any atom is 0.424 e. The van der Waals surface area contributed by atoms with Crippen molar-refractivity contribution in [3.8, 4) is 0 Å². The Labute approximate surface area is 137 Å². The molecular weight excluding hydrogens is 286 g/mol. The van der Waals surface area contributed by atoms with E-state index < -0.39 is 5.97 Å². The molecule has 0 saturated carbocycles. The Bertz CT molecular complexity index is 647. The molecule has 3 nitrogen and oxygen atoms in total. The van der Waals surface area contributed by atoms with E-state index in [1.807, 2.05) is 42.5 Å². The Hall–Kier alpha value is -2.68. The summed E-state index contributed by atoms with van der Waals surface area (Å²) in [4.78, 5) is 11.4. The Morgan fingerprint density at radius 1 is 1.04 bits per heavy atom. The van der Waals surface area contributed by atoms with Gasteiger partial charge in [-0.1, -0.05) is 60.7 Å². The molecule has 0 spiro atoms. The minimum absolute atomic E-state index is 0.342. The normalized spacial score (nSPS) is 11.0. The van der Waals surface area contributed by atoms with E-state index in [9.17, 15) is 4.79 Å². The highest BCUT2D eigenvalue weighted by Crippen LogP contribution is 2.22. The van der Waals surface area contributed by atoms with Gasteiger partial charge in [-0.2, -0.15) is 0 Å². The predicted molar refractivity (Wildman–Crippen MR) is 92.1 cm³/mol. The number of esters is 1. The standard InChI is InChI=1S/C20H20NO2/c1-3-23-20(22)16-21(2)15-14-19(17-10-6-4-7-11-17)18-12-8-5-9-13-18/h4-15H,3H2,1-2H3/q+1. The molecule has 0 aliphatic carbocycles. The van der Waals surface area contributed by atoms with Gasteiger partial charge in [-0.3, -0.25) is 0 Å². The Kier molecular flexibility index (Phi) is 6.30. The zero-order chi connectivity index (χ0) is 16.5. The molecule has 2 aromatic carbocycles. The zero-order valence-corrected chi connectivity index (χ0v) is 13.4. The van der Waals surface area contributed by atoms with Crippen molar-refractivity contribution >= 4 is 17.8 Å². The topological polar surface area (TPSA) is 29.3 Å². The van der Waals surface area contributed by atoms with Gasteiger partial charge in [0.25, 0.3) is 0 Å². The molecule has 0 saturated heterocycles. The van der Waals surface area contributed by atoms with Crippen LogP contribution in [0.3, 0.4) is 0 Å². The average molecular weight is 306 g/mol. The van der Waals surface area contributed by atoms with Crippen molar-refractivity contribution in [1.29, 1.82) is 0 Å². The van der Waals surface area contributed by atoms with E-state index in [2.05, 4.69) is 30.8 Å². The van der Waals surface area contributed by atoms with E-state index in [0.29, 0.717) is 6.61 Å². The summed E-state index contributed by atoms with van der Waals surface area (Å²) >= 11 is 0. The first kappa shape index (κ1) is 16.7. The van der Waals surface area contributed by atoms with Crippen molar-refractivity contribution in [2.75, 3.05) is 13.7 Å². The maximum atomic E-state index is 11.4. The van der Waals surface area contributed by atoms with Crippen LogP contribution < -0.4 is 0 Å². The number of hydrogen-bond acceptors (Lipinski definition) is 2. The second-order valence-electron chi connectivity index (χ2n) is 4.90. The number of rotatable bonds is 6. The summed E-state index contributed by atoms with van der Waals surface area (Å²) in [6, 6.07) is 20.3. The number of allylic oxidation sites excluding steroid dienone is 1. The van der Waals surface area contributed by atoms with E-state index >= 15 is 0 Å². The van der Waals surface area contributed by atoms with E-state index in [1.165, 1.54) is 0 Å². The molecular formula is C20H20NO2+. The van der Waals surface area contributed by atoms with Crippen LogP contribution in [0.25, 0.3) is 5.57 Å². The molecule has 0 amide bonds. The highest BCUT2D eigenvalue weighted by atomic mass is 16.5. The van der Waals surface area contributed by atoms with Gasteiger partial charge in [-0.05, 0) is 23.6 Å². The zero-order valence-electron chi connectivity index (χ0n) is 13.4. The van der Waals surface area contributed by atoms with Crippen LogP contribution >= 0.6 is 0 Å². The van der Waals surface area contributed by atoms with Crippen LogP contribution in [0.5, 0.6) is 0 Å². The molecule has 0 bridgehead atoms. The first-order valence-electron chi connectivity index (χ1n) is 7.53. The van der Waals surface area contributed by atoms with E-state index in [-0.39, 0.29) is 0 Å². The van der Waals surface area contributed by atoms with Crippen LogP contribution in [0.2, 0.25) is 0 Å². The fourth-order valence-electron chi connectivity index (χ4n) is 2.13. The lowest BCUT2D eigenvalue weighted by atomic mass is 9.98. The second kappa shape index (κ2) is 8.69. The number of benzene rings is 2. The SMILES string of the molecule is CCOC(=O)[C][N+](C)=CC=C(c1ccccc1)c1ccccc1. The van der Waals surface area contributed by atoms with E-state index in [4.69, 9.17) is 4.74 Å². The molecule has 3 heteroatoms. The molecule has 2 rings (SSSR count). The third-order valence-electron chi connectivity index (χ3n) is 3.18. The lowest BCUT2D eigenvalue weighted by molar-refractivity contribution is -0.443. The smallest absolute Gasteiger partial charge is 0.424 e. The fraction of sp³-hybridized carbons (Fsp3) is 0.150. The first-order valence-corrected chi connectivity index (χ1v) is 7.53. The van der Waals surface area contributed by atoms with Crippen LogP contribution in [0, 0.1) is 6.54 Å². The Morgan fingerprint density at radius 2 is 1.57 bits per heavy atom.